The predicted molar refractivity (Wildman–Crippen MR) is 59.4 cm³/mol. The zero-order valence-electron chi connectivity index (χ0n) is 9.67. The van der Waals surface area contributed by atoms with E-state index in [-0.39, 0.29) is 5.97 Å². The first-order chi connectivity index (χ1) is 7.65. The maximum Gasteiger partial charge on any atom is 0.355 e. The minimum absolute atomic E-state index is 0.332. The molecule has 1 aromatic rings. The highest BCUT2D eigenvalue weighted by molar-refractivity contribution is 5.90. The molecule has 1 aromatic heterocycles. The van der Waals surface area contributed by atoms with E-state index in [9.17, 15) is 9.90 Å². The zero-order chi connectivity index (χ0) is 11.7. The van der Waals surface area contributed by atoms with E-state index in [1.54, 1.807) is 6.92 Å². The third kappa shape index (κ3) is 1.73. The first-order valence-electron chi connectivity index (χ1n) is 5.71. The highest BCUT2D eigenvalue weighted by Crippen LogP contribution is 2.33. The second kappa shape index (κ2) is 4.29. The summed E-state index contributed by atoms with van der Waals surface area (Å²) in [6.07, 6.45) is 2.18. The number of carbonyl (C=O) groups is 1. The average molecular weight is 223 g/mol. The van der Waals surface area contributed by atoms with Crippen LogP contribution < -0.4 is 0 Å². The summed E-state index contributed by atoms with van der Waals surface area (Å²) in [6.45, 7) is 4.01. The SMILES string of the molecule is CCOC(=O)c1[nH]c2c(c1C)C(O)CCC2. The summed E-state index contributed by atoms with van der Waals surface area (Å²) >= 11 is 0. The fourth-order valence-corrected chi connectivity index (χ4v) is 2.35. The van der Waals surface area contributed by atoms with Crippen molar-refractivity contribution in [1.29, 1.82) is 0 Å². The fraction of sp³-hybridized carbons (Fsp3) is 0.583. The minimum Gasteiger partial charge on any atom is -0.461 e. The van der Waals surface area contributed by atoms with E-state index in [0.717, 1.165) is 36.1 Å². The first kappa shape index (κ1) is 11.2. The molecule has 0 amide bonds. The lowest BCUT2D eigenvalue weighted by molar-refractivity contribution is 0.0519. The van der Waals surface area contributed by atoms with Gasteiger partial charge in [-0.2, -0.15) is 0 Å². The van der Waals surface area contributed by atoms with Crippen molar-refractivity contribution in [3.8, 4) is 0 Å². The van der Waals surface area contributed by atoms with Gasteiger partial charge in [0.05, 0.1) is 12.7 Å². The highest BCUT2D eigenvalue weighted by atomic mass is 16.5. The number of H-pyrrole nitrogens is 1. The minimum atomic E-state index is -0.442. The summed E-state index contributed by atoms with van der Waals surface area (Å²) in [5.41, 5.74) is 3.21. The number of esters is 1. The number of aliphatic hydroxyl groups is 1. The number of nitrogens with one attached hydrogen (secondary N) is 1. The molecule has 0 aromatic carbocycles. The Balaban J connectivity index is 2.38. The van der Waals surface area contributed by atoms with E-state index in [1.165, 1.54) is 0 Å². The number of aliphatic hydroxyl groups excluding tert-OH is 1. The molecule has 4 nitrogen and oxygen atoms in total. The zero-order valence-corrected chi connectivity index (χ0v) is 9.67. The molecule has 0 saturated carbocycles. The maximum absolute atomic E-state index is 11.7. The normalized spacial score (nSPS) is 19.3. The Morgan fingerprint density at radius 1 is 1.62 bits per heavy atom. The maximum atomic E-state index is 11.7. The largest absolute Gasteiger partial charge is 0.461 e. The monoisotopic (exact) mass is 223 g/mol. The molecule has 2 N–H and O–H groups in total. The summed E-state index contributed by atoms with van der Waals surface area (Å²) in [5, 5.41) is 9.90. The number of aromatic nitrogens is 1. The van der Waals surface area contributed by atoms with Crippen molar-refractivity contribution >= 4 is 5.97 Å². The number of aromatic amines is 1. The lowest BCUT2D eigenvalue weighted by atomic mass is 9.92. The van der Waals surface area contributed by atoms with E-state index >= 15 is 0 Å². The number of aryl methyl sites for hydroxylation is 1. The highest BCUT2D eigenvalue weighted by Gasteiger charge is 2.26. The topological polar surface area (TPSA) is 62.3 Å². The molecule has 0 saturated heterocycles. The number of fused-ring (bicyclic) bond motifs is 1. The van der Waals surface area contributed by atoms with Gasteiger partial charge in [0.1, 0.15) is 5.69 Å². The number of carbonyl (C=O) groups excluding carboxylic acids is 1. The number of ether oxygens (including phenoxy) is 1. The van der Waals surface area contributed by atoms with Gasteiger partial charge in [0, 0.05) is 11.3 Å². The van der Waals surface area contributed by atoms with Gasteiger partial charge in [0.15, 0.2) is 0 Å². The summed E-state index contributed by atoms with van der Waals surface area (Å²) in [5.74, 6) is -0.332. The Morgan fingerprint density at radius 3 is 3.00 bits per heavy atom. The lowest BCUT2D eigenvalue weighted by Crippen LogP contribution is -2.08. The Labute approximate surface area is 94.6 Å². The van der Waals surface area contributed by atoms with Crippen LogP contribution in [0, 0.1) is 6.92 Å². The van der Waals surface area contributed by atoms with Crippen molar-refractivity contribution < 1.29 is 14.6 Å². The van der Waals surface area contributed by atoms with Gasteiger partial charge in [-0.1, -0.05) is 0 Å². The summed E-state index contributed by atoms with van der Waals surface area (Å²) < 4.78 is 4.97. The van der Waals surface area contributed by atoms with Crippen molar-refractivity contribution in [3.05, 3.63) is 22.5 Å². The summed E-state index contributed by atoms with van der Waals surface area (Å²) in [7, 11) is 0. The van der Waals surface area contributed by atoms with Gasteiger partial charge in [-0.15, -0.1) is 0 Å². The van der Waals surface area contributed by atoms with Gasteiger partial charge >= 0.3 is 5.97 Å². The van der Waals surface area contributed by atoms with Crippen LogP contribution in [0.5, 0.6) is 0 Å². The van der Waals surface area contributed by atoms with E-state index in [4.69, 9.17) is 4.74 Å². The molecule has 0 spiro atoms. The van der Waals surface area contributed by atoms with Gasteiger partial charge in [0.2, 0.25) is 0 Å². The first-order valence-corrected chi connectivity index (χ1v) is 5.71. The Kier molecular flexibility index (Phi) is 3.01. The van der Waals surface area contributed by atoms with E-state index in [0.29, 0.717) is 12.3 Å². The van der Waals surface area contributed by atoms with Crippen molar-refractivity contribution in [2.75, 3.05) is 6.61 Å². The third-order valence-corrected chi connectivity index (χ3v) is 3.10. The molecule has 0 bridgehead atoms. The van der Waals surface area contributed by atoms with Crippen LogP contribution in [0.1, 0.15) is 53.2 Å². The number of rotatable bonds is 2. The molecule has 16 heavy (non-hydrogen) atoms. The van der Waals surface area contributed by atoms with E-state index < -0.39 is 6.10 Å². The van der Waals surface area contributed by atoms with Crippen LogP contribution >= 0.6 is 0 Å². The molecular formula is C12H17NO3. The molecule has 0 radical (unpaired) electrons. The second-order valence-corrected chi connectivity index (χ2v) is 4.15. The summed E-state index contributed by atoms with van der Waals surface area (Å²) in [4.78, 5) is 14.7. The van der Waals surface area contributed by atoms with Crippen molar-refractivity contribution in [2.24, 2.45) is 0 Å². The van der Waals surface area contributed by atoms with Crippen molar-refractivity contribution in [3.63, 3.8) is 0 Å². The summed E-state index contributed by atoms with van der Waals surface area (Å²) in [6, 6.07) is 0. The number of hydrogen-bond acceptors (Lipinski definition) is 3. The van der Waals surface area contributed by atoms with Gasteiger partial charge < -0.3 is 14.8 Å². The number of hydrogen-bond donors (Lipinski definition) is 2. The van der Waals surface area contributed by atoms with Crippen LogP contribution in [-0.2, 0) is 11.2 Å². The molecule has 2 rings (SSSR count). The standard InChI is InChI=1S/C12H17NO3/c1-3-16-12(15)11-7(2)10-8(13-11)5-4-6-9(10)14/h9,13-14H,3-6H2,1-2H3. The molecule has 1 unspecified atom stereocenters. The van der Waals surface area contributed by atoms with Crippen LogP contribution in [-0.4, -0.2) is 22.7 Å². The molecule has 1 aliphatic rings. The van der Waals surface area contributed by atoms with Crippen LogP contribution in [0.25, 0.3) is 0 Å². The lowest BCUT2D eigenvalue weighted by Gasteiger charge is -2.18. The fourth-order valence-electron chi connectivity index (χ4n) is 2.35. The molecule has 4 heteroatoms. The third-order valence-electron chi connectivity index (χ3n) is 3.10. The van der Waals surface area contributed by atoms with Crippen LogP contribution in [0.2, 0.25) is 0 Å². The smallest absolute Gasteiger partial charge is 0.355 e. The molecule has 88 valence electrons. The molecule has 1 aliphatic carbocycles. The van der Waals surface area contributed by atoms with E-state index in [2.05, 4.69) is 4.98 Å². The molecule has 0 fully saturated rings. The van der Waals surface area contributed by atoms with E-state index in [1.807, 2.05) is 6.92 Å². The van der Waals surface area contributed by atoms with Crippen molar-refractivity contribution in [1.82, 2.24) is 4.98 Å². The quantitative estimate of drug-likeness (QED) is 0.752. The molecular weight excluding hydrogens is 206 g/mol. The Hall–Kier alpha value is -1.29. The Morgan fingerprint density at radius 2 is 2.38 bits per heavy atom. The Bertz CT molecular complexity index is 409. The van der Waals surface area contributed by atoms with Gasteiger partial charge in [0.25, 0.3) is 0 Å². The van der Waals surface area contributed by atoms with Crippen LogP contribution in [0.15, 0.2) is 0 Å². The van der Waals surface area contributed by atoms with Crippen molar-refractivity contribution in [2.45, 2.75) is 39.2 Å². The molecule has 1 atom stereocenters. The molecule has 1 heterocycles. The second-order valence-electron chi connectivity index (χ2n) is 4.15. The molecule has 0 aliphatic heterocycles. The van der Waals surface area contributed by atoms with Gasteiger partial charge in [-0.25, -0.2) is 4.79 Å². The predicted octanol–water partition coefficient (Wildman–Crippen LogP) is 1.87. The van der Waals surface area contributed by atoms with Gasteiger partial charge in [-0.3, -0.25) is 0 Å². The van der Waals surface area contributed by atoms with Crippen LogP contribution in [0.4, 0.5) is 0 Å². The van der Waals surface area contributed by atoms with Crippen LogP contribution in [0.3, 0.4) is 0 Å². The van der Waals surface area contributed by atoms with Gasteiger partial charge in [-0.05, 0) is 38.7 Å². The average Bonchev–Trinajstić information content (AvgIpc) is 2.58.